The van der Waals surface area contributed by atoms with Crippen molar-refractivity contribution in [3.63, 3.8) is 0 Å². The van der Waals surface area contributed by atoms with Crippen LogP contribution in [0.1, 0.15) is 11.6 Å². The van der Waals surface area contributed by atoms with E-state index in [4.69, 9.17) is 5.53 Å². The van der Waals surface area contributed by atoms with Crippen molar-refractivity contribution in [3.05, 3.63) is 40.3 Å². The first-order valence-electron chi connectivity index (χ1n) is 5.30. The zero-order chi connectivity index (χ0) is 13.4. The number of hydrogen-bond acceptors (Lipinski definition) is 5. The van der Waals surface area contributed by atoms with E-state index in [1.165, 1.54) is 19.2 Å². The molecule has 7 nitrogen and oxygen atoms in total. The van der Waals surface area contributed by atoms with E-state index in [9.17, 15) is 9.90 Å². The molecular formula is C11H14N4O3. The molecule has 0 amide bonds. The normalized spacial score (nSPS) is 11.4. The third-order valence-electron chi connectivity index (χ3n) is 2.26. The van der Waals surface area contributed by atoms with Gasteiger partial charge in [-0.05, 0) is 23.2 Å². The highest BCUT2D eigenvalue weighted by molar-refractivity contribution is 5.77. The van der Waals surface area contributed by atoms with E-state index >= 15 is 0 Å². The summed E-state index contributed by atoms with van der Waals surface area (Å²) in [7, 11) is 1.28. The summed E-state index contributed by atoms with van der Waals surface area (Å²) in [6.45, 7) is 0.558. The van der Waals surface area contributed by atoms with Gasteiger partial charge in [0.1, 0.15) is 11.8 Å². The molecule has 0 bridgehead atoms. The standard InChI is InChI=1S/C11H14N4O3/c1-18-11(17)10(13-5-6-14-15-12)8-3-2-4-9(16)7-8/h2-4,7,10,13,16H,5-6H2,1H3. The predicted molar refractivity (Wildman–Crippen MR) is 64.9 cm³/mol. The molecule has 96 valence electrons. The van der Waals surface area contributed by atoms with Crippen molar-refractivity contribution in [2.24, 2.45) is 5.11 Å². The van der Waals surface area contributed by atoms with Crippen LogP contribution in [0.3, 0.4) is 0 Å². The summed E-state index contributed by atoms with van der Waals surface area (Å²) in [6, 6.07) is 5.62. The Hall–Kier alpha value is -2.24. The van der Waals surface area contributed by atoms with Crippen molar-refractivity contribution < 1.29 is 14.6 Å². The number of esters is 1. The van der Waals surface area contributed by atoms with Crippen molar-refractivity contribution in [2.75, 3.05) is 20.2 Å². The lowest BCUT2D eigenvalue weighted by Crippen LogP contribution is -2.31. The monoisotopic (exact) mass is 250 g/mol. The number of carbonyl (C=O) groups is 1. The molecule has 1 atom stereocenters. The van der Waals surface area contributed by atoms with Gasteiger partial charge in [0.05, 0.1) is 7.11 Å². The van der Waals surface area contributed by atoms with Crippen LogP contribution < -0.4 is 5.32 Å². The highest BCUT2D eigenvalue weighted by atomic mass is 16.5. The van der Waals surface area contributed by atoms with E-state index in [0.29, 0.717) is 12.1 Å². The van der Waals surface area contributed by atoms with E-state index < -0.39 is 12.0 Å². The highest BCUT2D eigenvalue weighted by Crippen LogP contribution is 2.19. The van der Waals surface area contributed by atoms with E-state index in [-0.39, 0.29) is 12.3 Å². The molecule has 1 rings (SSSR count). The van der Waals surface area contributed by atoms with Crippen LogP contribution in [-0.2, 0) is 9.53 Å². The Bertz CT molecular complexity index is 457. The number of benzene rings is 1. The molecule has 0 spiro atoms. The van der Waals surface area contributed by atoms with Crippen molar-refractivity contribution >= 4 is 5.97 Å². The van der Waals surface area contributed by atoms with Gasteiger partial charge in [-0.1, -0.05) is 17.2 Å². The number of ether oxygens (including phenoxy) is 1. The Morgan fingerprint density at radius 3 is 3.06 bits per heavy atom. The van der Waals surface area contributed by atoms with Crippen LogP contribution in [0.25, 0.3) is 10.4 Å². The van der Waals surface area contributed by atoms with Crippen molar-refractivity contribution in [1.82, 2.24) is 5.32 Å². The van der Waals surface area contributed by atoms with Gasteiger partial charge < -0.3 is 15.2 Å². The number of phenols is 1. The molecule has 1 unspecified atom stereocenters. The molecule has 0 saturated carbocycles. The summed E-state index contributed by atoms with van der Waals surface area (Å²) < 4.78 is 4.68. The maximum atomic E-state index is 11.6. The second kappa shape index (κ2) is 7.16. The number of azide groups is 1. The largest absolute Gasteiger partial charge is 0.508 e. The fourth-order valence-electron chi connectivity index (χ4n) is 1.46. The van der Waals surface area contributed by atoms with Gasteiger partial charge in [0, 0.05) is 18.0 Å². The summed E-state index contributed by atoms with van der Waals surface area (Å²) in [5.74, 6) is -0.403. The molecule has 0 fully saturated rings. The van der Waals surface area contributed by atoms with E-state index in [1.54, 1.807) is 12.1 Å². The topological polar surface area (TPSA) is 107 Å². The van der Waals surface area contributed by atoms with E-state index in [0.717, 1.165) is 0 Å². The quantitative estimate of drug-likeness (QED) is 0.262. The fourth-order valence-corrected chi connectivity index (χ4v) is 1.46. The second-order valence-corrected chi connectivity index (χ2v) is 3.46. The van der Waals surface area contributed by atoms with E-state index in [1.807, 2.05) is 0 Å². The minimum absolute atomic E-state index is 0.0678. The molecule has 0 aliphatic carbocycles. The summed E-state index contributed by atoms with van der Waals surface area (Å²) in [6.07, 6.45) is 0. The lowest BCUT2D eigenvalue weighted by atomic mass is 10.1. The second-order valence-electron chi connectivity index (χ2n) is 3.46. The van der Waals surface area contributed by atoms with Gasteiger partial charge in [-0.3, -0.25) is 0 Å². The first-order chi connectivity index (χ1) is 8.69. The Balaban J connectivity index is 2.78. The molecule has 0 heterocycles. The average molecular weight is 250 g/mol. The number of nitrogens with zero attached hydrogens (tertiary/aromatic N) is 3. The summed E-state index contributed by atoms with van der Waals surface area (Å²) in [5.41, 5.74) is 8.73. The number of aromatic hydroxyl groups is 1. The van der Waals surface area contributed by atoms with Crippen LogP contribution in [0.5, 0.6) is 5.75 Å². The number of carbonyl (C=O) groups excluding carboxylic acids is 1. The van der Waals surface area contributed by atoms with Crippen LogP contribution in [-0.4, -0.2) is 31.3 Å². The van der Waals surface area contributed by atoms with Crippen molar-refractivity contribution in [1.29, 1.82) is 0 Å². The minimum atomic E-state index is -0.698. The Morgan fingerprint density at radius 2 is 2.44 bits per heavy atom. The summed E-state index contributed by atoms with van der Waals surface area (Å²) >= 11 is 0. The molecule has 1 aromatic rings. The fraction of sp³-hybridized carbons (Fsp3) is 0.364. The molecular weight excluding hydrogens is 236 g/mol. The maximum absolute atomic E-state index is 11.6. The highest BCUT2D eigenvalue weighted by Gasteiger charge is 2.20. The SMILES string of the molecule is COC(=O)C(NCCN=[N+]=[N-])c1cccc(O)c1. The van der Waals surface area contributed by atoms with Gasteiger partial charge in [0.25, 0.3) is 0 Å². The lowest BCUT2D eigenvalue weighted by molar-refractivity contribution is -0.143. The molecule has 0 aliphatic heterocycles. The maximum Gasteiger partial charge on any atom is 0.327 e. The van der Waals surface area contributed by atoms with Gasteiger partial charge in [0.2, 0.25) is 0 Å². The zero-order valence-electron chi connectivity index (χ0n) is 9.91. The number of methoxy groups -OCH3 is 1. The van der Waals surface area contributed by atoms with Crippen LogP contribution in [0.15, 0.2) is 29.4 Å². The molecule has 7 heteroatoms. The Labute approximate surface area is 104 Å². The van der Waals surface area contributed by atoms with Crippen LogP contribution in [0.4, 0.5) is 0 Å². The van der Waals surface area contributed by atoms with Gasteiger partial charge >= 0.3 is 5.97 Å². The smallest absolute Gasteiger partial charge is 0.327 e. The Kier molecular flexibility index (Phi) is 5.50. The van der Waals surface area contributed by atoms with Gasteiger partial charge in [-0.2, -0.15) is 0 Å². The Morgan fingerprint density at radius 1 is 1.67 bits per heavy atom. The third kappa shape index (κ3) is 3.97. The van der Waals surface area contributed by atoms with Crippen LogP contribution in [0.2, 0.25) is 0 Å². The third-order valence-corrected chi connectivity index (χ3v) is 2.26. The molecule has 1 aromatic carbocycles. The summed E-state index contributed by atoms with van der Waals surface area (Å²) in [4.78, 5) is 14.2. The molecule has 0 radical (unpaired) electrons. The number of nitrogens with one attached hydrogen (secondary N) is 1. The average Bonchev–Trinajstić information content (AvgIpc) is 2.38. The molecule has 18 heavy (non-hydrogen) atoms. The van der Waals surface area contributed by atoms with Gasteiger partial charge in [-0.15, -0.1) is 0 Å². The first-order valence-corrected chi connectivity index (χ1v) is 5.30. The lowest BCUT2D eigenvalue weighted by Gasteiger charge is -2.16. The van der Waals surface area contributed by atoms with Crippen LogP contribution >= 0.6 is 0 Å². The van der Waals surface area contributed by atoms with Crippen molar-refractivity contribution in [2.45, 2.75) is 6.04 Å². The molecule has 0 aliphatic rings. The molecule has 2 N–H and O–H groups in total. The van der Waals surface area contributed by atoms with E-state index in [2.05, 4.69) is 20.1 Å². The predicted octanol–water partition coefficient (Wildman–Crippen LogP) is 1.51. The van der Waals surface area contributed by atoms with Crippen molar-refractivity contribution in [3.8, 4) is 5.75 Å². The van der Waals surface area contributed by atoms with Gasteiger partial charge in [-0.25, -0.2) is 4.79 Å². The van der Waals surface area contributed by atoms with Gasteiger partial charge in [0.15, 0.2) is 0 Å². The minimum Gasteiger partial charge on any atom is -0.508 e. The van der Waals surface area contributed by atoms with Crippen LogP contribution in [0, 0.1) is 0 Å². The molecule has 0 saturated heterocycles. The first kappa shape index (κ1) is 13.8. The number of rotatable bonds is 6. The number of phenolic OH excluding ortho intramolecular Hbond substituents is 1. The zero-order valence-corrected chi connectivity index (χ0v) is 9.91. The number of hydrogen-bond donors (Lipinski definition) is 2. The summed E-state index contributed by atoms with van der Waals surface area (Å²) in [5, 5.41) is 15.6. The molecule has 0 aromatic heterocycles.